The Kier molecular flexibility index (Phi) is 10.4. The first-order valence-corrected chi connectivity index (χ1v) is 17.1. The number of anilines is 1. The first-order valence-electron chi connectivity index (χ1n) is 15.6. The molecule has 0 aliphatic carbocycles. The van der Waals surface area contributed by atoms with Crippen LogP contribution in [0.25, 0.3) is 23.1 Å². The van der Waals surface area contributed by atoms with Crippen LogP contribution in [0, 0.1) is 5.82 Å². The number of aromatic nitrogens is 2. The summed E-state index contributed by atoms with van der Waals surface area (Å²) in [4.78, 5) is 14.8. The van der Waals surface area contributed by atoms with Crippen LogP contribution < -0.4 is 9.41 Å². The second-order valence-corrected chi connectivity index (χ2v) is 12.6. The van der Waals surface area contributed by atoms with Crippen molar-refractivity contribution in [3.63, 3.8) is 0 Å². The van der Waals surface area contributed by atoms with Crippen LogP contribution in [0.3, 0.4) is 0 Å². The van der Waals surface area contributed by atoms with Crippen molar-refractivity contribution in [1.82, 2.24) is 10.2 Å². The Labute approximate surface area is 282 Å². The van der Waals surface area contributed by atoms with E-state index in [0.717, 1.165) is 16.3 Å². The van der Waals surface area contributed by atoms with Crippen molar-refractivity contribution in [1.29, 1.82) is 0 Å². The smallest absolute Gasteiger partial charge is 0.443 e. The van der Waals surface area contributed by atoms with E-state index in [1.165, 1.54) is 18.4 Å². The number of rotatable bonds is 14. The van der Waals surface area contributed by atoms with Crippen molar-refractivity contribution in [2.45, 2.75) is 33.5 Å². The van der Waals surface area contributed by atoms with Crippen LogP contribution in [-0.2, 0) is 33.2 Å². The Hall–Kier alpha value is -5.35. The molecule has 6 rings (SSSR count). The molecule has 49 heavy (non-hydrogen) atoms. The topological polar surface area (TPSA) is 117 Å². The standard InChI is InChI=1S/C37H33FN3O7P/c1-3-26-17-20-33(44-4-2)30(22-26)37(42)41(32-23-29(18-19-31(32)38)35-39-40-36(48-35)34-16-11-21-45-34)49(43,46-24-27-12-7-5-8-13-27)47-25-28-14-9-6-10-15-28/h5-23H,3-4,24-25H2,1-2H3. The molecular formula is C37H33FN3O7P. The number of furan rings is 1. The number of hydrogen-bond acceptors (Lipinski definition) is 9. The van der Waals surface area contributed by atoms with Gasteiger partial charge >= 0.3 is 7.75 Å². The molecule has 4 aromatic carbocycles. The fourth-order valence-corrected chi connectivity index (χ4v) is 6.65. The summed E-state index contributed by atoms with van der Waals surface area (Å²) in [7, 11) is -4.73. The minimum Gasteiger partial charge on any atom is -0.493 e. The maximum Gasteiger partial charge on any atom is 0.443 e. The van der Waals surface area contributed by atoms with Crippen molar-refractivity contribution < 1.29 is 36.4 Å². The van der Waals surface area contributed by atoms with Gasteiger partial charge in [-0.05, 0) is 72.5 Å². The average molecular weight is 682 g/mol. The molecule has 0 aliphatic heterocycles. The van der Waals surface area contributed by atoms with E-state index < -0.39 is 25.2 Å². The number of benzene rings is 4. The Morgan fingerprint density at radius 2 is 1.47 bits per heavy atom. The van der Waals surface area contributed by atoms with Gasteiger partial charge in [0, 0.05) is 5.56 Å². The van der Waals surface area contributed by atoms with Gasteiger partial charge in [0.05, 0.1) is 37.3 Å². The molecule has 0 saturated heterocycles. The molecule has 0 bridgehead atoms. The molecule has 0 unspecified atom stereocenters. The maximum absolute atomic E-state index is 16.2. The van der Waals surface area contributed by atoms with Crippen LogP contribution in [0.15, 0.2) is 124 Å². The van der Waals surface area contributed by atoms with E-state index in [0.29, 0.717) is 23.3 Å². The van der Waals surface area contributed by atoms with Crippen LogP contribution in [0.5, 0.6) is 5.75 Å². The van der Waals surface area contributed by atoms with E-state index >= 15 is 8.96 Å². The first-order chi connectivity index (χ1) is 23.9. The molecular weight excluding hydrogens is 648 g/mol. The van der Waals surface area contributed by atoms with Crippen LogP contribution in [0.4, 0.5) is 10.1 Å². The lowest BCUT2D eigenvalue weighted by Gasteiger charge is -2.31. The Morgan fingerprint density at radius 1 is 0.796 bits per heavy atom. The van der Waals surface area contributed by atoms with Crippen molar-refractivity contribution in [2.24, 2.45) is 0 Å². The molecule has 250 valence electrons. The maximum atomic E-state index is 16.2. The SMILES string of the molecule is CCOc1ccc(CC)cc1C(=O)N(c1cc(-c2nnc(-c3ccco3)o2)ccc1F)P(=O)(OCc1ccccc1)OCc1ccccc1. The second kappa shape index (κ2) is 15.3. The quantitative estimate of drug-likeness (QED) is 0.104. The predicted molar refractivity (Wildman–Crippen MR) is 181 cm³/mol. The minimum atomic E-state index is -4.73. The highest BCUT2D eigenvalue weighted by Gasteiger charge is 2.42. The summed E-state index contributed by atoms with van der Waals surface area (Å²) in [5, 5.41) is 8.13. The van der Waals surface area contributed by atoms with E-state index in [1.54, 1.807) is 79.7 Å². The minimum absolute atomic E-state index is 0.00766. The molecule has 0 N–H and O–H groups in total. The van der Waals surface area contributed by atoms with Crippen molar-refractivity contribution in [3.05, 3.63) is 144 Å². The Balaban J connectivity index is 1.50. The fourth-order valence-electron chi connectivity index (χ4n) is 4.97. The summed E-state index contributed by atoms with van der Waals surface area (Å²) in [6.45, 7) is 3.55. The van der Waals surface area contributed by atoms with Crippen molar-refractivity contribution in [3.8, 4) is 28.9 Å². The largest absolute Gasteiger partial charge is 0.493 e. The van der Waals surface area contributed by atoms with Gasteiger partial charge in [-0.2, -0.15) is 0 Å². The molecule has 1 amide bonds. The molecule has 0 atom stereocenters. The molecule has 0 fully saturated rings. The van der Waals surface area contributed by atoms with E-state index in [9.17, 15) is 4.79 Å². The molecule has 2 aromatic heterocycles. The van der Waals surface area contributed by atoms with Crippen LogP contribution in [-0.4, -0.2) is 22.7 Å². The van der Waals surface area contributed by atoms with Gasteiger partial charge in [-0.3, -0.25) is 13.8 Å². The van der Waals surface area contributed by atoms with Gasteiger partial charge in [-0.15, -0.1) is 10.2 Å². The van der Waals surface area contributed by atoms with Gasteiger partial charge in [0.25, 0.3) is 11.8 Å². The van der Waals surface area contributed by atoms with E-state index in [2.05, 4.69) is 10.2 Å². The number of halogens is 1. The summed E-state index contributed by atoms with van der Waals surface area (Å²) < 4.78 is 61.3. The number of amides is 1. The zero-order valence-corrected chi connectivity index (χ0v) is 27.7. The lowest BCUT2D eigenvalue weighted by atomic mass is 10.1. The monoisotopic (exact) mass is 681 g/mol. The highest BCUT2D eigenvalue weighted by atomic mass is 31.2. The number of carbonyl (C=O) groups is 1. The molecule has 0 saturated carbocycles. The van der Waals surface area contributed by atoms with Gasteiger partial charge in [0.15, 0.2) is 5.76 Å². The Bertz CT molecular complexity index is 2010. The summed E-state index contributed by atoms with van der Waals surface area (Å²) in [5.41, 5.74) is 2.02. The number of carbonyl (C=O) groups excluding carboxylic acids is 1. The van der Waals surface area contributed by atoms with Gasteiger partial charge in [0.1, 0.15) is 11.6 Å². The first kappa shape index (κ1) is 33.5. The van der Waals surface area contributed by atoms with E-state index in [-0.39, 0.29) is 48.5 Å². The van der Waals surface area contributed by atoms with Crippen LogP contribution in [0.1, 0.15) is 40.9 Å². The Morgan fingerprint density at radius 3 is 2.08 bits per heavy atom. The lowest BCUT2D eigenvalue weighted by molar-refractivity contribution is 0.0981. The second-order valence-electron chi connectivity index (χ2n) is 10.8. The normalized spacial score (nSPS) is 11.4. The zero-order chi connectivity index (χ0) is 34.2. The third-order valence-electron chi connectivity index (χ3n) is 7.47. The van der Waals surface area contributed by atoms with Crippen molar-refractivity contribution >= 4 is 19.3 Å². The van der Waals surface area contributed by atoms with Gasteiger partial charge in [-0.25, -0.2) is 13.6 Å². The molecule has 0 spiro atoms. The fraction of sp³-hybridized carbons (Fsp3) is 0.162. The van der Waals surface area contributed by atoms with E-state index in [1.807, 2.05) is 25.1 Å². The molecule has 2 heterocycles. The van der Waals surface area contributed by atoms with Crippen LogP contribution >= 0.6 is 7.75 Å². The van der Waals surface area contributed by atoms with Crippen molar-refractivity contribution in [2.75, 3.05) is 11.3 Å². The number of ether oxygens (including phenoxy) is 1. The molecule has 6 aromatic rings. The number of nitrogens with zero attached hydrogens (tertiary/aromatic N) is 3. The summed E-state index contributed by atoms with van der Waals surface area (Å²) in [5.74, 6) is -1.07. The summed E-state index contributed by atoms with van der Waals surface area (Å²) in [6.07, 6.45) is 2.06. The van der Waals surface area contributed by atoms with Gasteiger partial charge < -0.3 is 13.6 Å². The summed E-state index contributed by atoms with van der Waals surface area (Å²) in [6, 6.07) is 30.2. The zero-order valence-electron chi connectivity index (χ0n) is 26.8. The molecule has 0 radical (unpaired) electrons. The average Bonchev–Trinajstić information content (AvgIpc) is 3.86. The van der Waals surface area contributed by atoms with Gasteiger partial charge in [-0.1, -0.05) is 73.7 Å². The third-order valence-corrected chi connectivity index (χ3v) is 9.27. The van der Waals surface area contributed by atoms with Gasteiger partial charge in [0.2, 0.25) is 5.89 Å². The predicted octanol–water partition coefficient (Wildman–Crippen LogP) is 9.29. The third kappa shape index (κ3) is 7.70. The van der Waals surface area contributed by atoms with Crippen LogP contribution in [0.2, 0.25) is 0 Å². The number of aryl methyl sites for hydroxylation is 1. The number of hydrogen-bond donors (Lipinski definition) is 0. The highest BCUT2D eigenvalue weighted by molar-refractivity contribution is 7.56. The van der Waals surface area contributed by atoms with E-state index in [4.69, 9.17) is 22.6 Å². The molecule has 0 aliphatic rings. The lowest BCUT2D eigenvalue weighted by Crippen LogP contribution is -2.31. The summed E-state index contributed by atoms with van der Waals surface area (Å²) >= 11 is 0. The highest BCUT2D eigenvalue weighted by Crippen LogP contribution is 2.57. The molecule has 12 heteroatoms. The molecule has 10 nitrogen and oxygen atoms in total.